The van der Waals surface area contributed by atoms with Crippen molar-refractivity contribution < 1.29 is 4.74 Å². The van der Waals surface area contributed by atoms with E-state index in [1.54, 1.807) is 29.0 Å². The van der Waals surface area contributed by atoms with Crippen LogP contribution in [0, 0.1) is 18.3 Å². The van der Waals surface area contributed by atoms with Gasteiger partial charge in [0.1, 0.15) is 11.8 Å². The molecule has 4 heteroatoms. The zero-order valence-corrected chi connectivity index (χ0v) is 10.9. The van der Waals surface area contributed by atoms with Crippen LogP contribution in [0.25, 0.3) is 0 Å². The zero-order valence-electron chi connectivity index (χ0n) is 10.9. The van der Waals surface area contributed by atoms with Gasteiger partial charge in [0, 0.05) is 12.3 Å². The Labute approximate surface area is 111 Å². The molecule has 0 unspecified atom stereocenters. The lowest BCUT2D eigenvalue weighted by atomic mass is 10.1. The van der Waals surface area contributed by atoms with E-state index in [9.17, 15) is 4.79 Å². The van der Waals surface area contributed by atoms with Crippen LogP contribution in [0.15, 0.2) is 41.3 Å². The van der Waals surface area contributed by atoms with Gasteiger partial charge in [-0.15, -0.1) is 0 Å². The molecule has 0 saturated carbocycles. The van der Waals surface area contributed by atoms with Gasteiger partial charge >= 0.3 is 0 Å². The van der Waals surface area contributed by atoms with E-state index in [-0.39, 0.29) is 5.56 Å². The van der Waals surface area contributed by atoms with Crippen LogP contribution in [0.2, 0.25) is 0 Å². The Balaban J connectivity index is 2.34. The first-order chi connectivity index (χ1) is 9.13. The summed E-state index contributed by atoms with van der Waals surface area (Å²) < 4.78 is 6.70. The predicted molar refractivity (Wildman–Crippen MR) is 72.3 cm³/mol. The summed E-state index contributed by atoms with van der Waals surface area (Å²) in [4.78, 5) is 11.8. The largest absolute Gasteiger partial charge is 0.495 e. The normalized spacial score (nSPS) is 9.95. The van der Waals surface area contributed by atoms with Crippen molar-refractivity contribution in [3.8, 4) is 11.8 Å². The highest BCUT2D eigenvalue weighted by Gasteiger charge is 2.05. The van der Waals surface area contributed by atoms with Crippen LogP contribution in [0.5, 0.6) is 5.75 Å². The van der Waals surface area contributed by atoms with E-state index in [4.69, 9.17) is 10.00 Å². The van der Waals surface area contributed by atoms with Gasteiger partial charge in [0.05, 0.1) is 19.2 Å². The fourth-order valence-electron chi connectivity index (χ4n) is 1.87. The number of nitriles is 1. The summed E-state index contributed by atoms with van der Waals surface area (Å²) in [5.41, 5.74) is 2.26. The lowest BCUT2D eigenvalue weighted by Crippen LogP contribution is -2.19. The number of pyridine rings is 1. The molecule has 0 aliphatic carbocycles. The molecule has 19 heavy (non-hydrogen) atoms. The van der Waals surface area contributed by atoms with Crippen molar-refractivity contribution in [2.24, 2.45) is 0 Å². The van der Waals surface area contributed by atoms with Crippen LogP contribution in [0.1, 0.15) is 16.7 Å². The van der Waals surface area contributed by atoms with E-state index in [1.807, 2.05) is 19.1 Å². The molecule has 4 nitrogen and oxygen atoms in total. The van der Waals surface area contributed by atoms with Gasteiger partial charge in [-0.25, -0.2) is 0 Å². The minimum atomic E-state index is -0.0469. The van der Waals surface area contributed by atoms with Crippen LogP contribution in [0.4, 0.5) is 0 Å². The number of methoxy groups -OCH3 is 1. The van der Waals surface area contributed by atoms with E-state index in [0.29, 0.717) is 17.9 Å². The van der Waals surface area contributed by atoms with Gasteiger partial charge in [-0.1, -0.05) is 6.07 Å². The Bertz CT molecular complexity index is 696. The standard InChI is InChI=1S/C15H14N2O2/c1-11-5-6-17(15(18)7-11)10-12-3-4-14(19-2)13(8-12)9-16/h3-8H,10H2,1-2H3. The molecule has 0 amide bonds. The van der Waals surface area contributed by atoms with Crippen LogP contribution >= 0.6 is 0 Å². The summed E-state index contributed by atoms with van der Waals surface area (Å²) in [5, 5.41) is 9.03. The number of hydrogen-bond acceptors (Lipinski definition) is 3. The Morgan fingerprint density at radius 2 is 2.11 bits per heavy atom. The van der Waals surface area contributed by atoms with Crippen molar-refractivity contribution >= 4 is 0 Å². The summed E-state index contributed by atoms with van der Waals surface area (Å²) >= 11 is 0. The maximum absolute atomic E-state index is 11.8. The fraction of sp³-hybridized carbons (Fsp3) is 0.200. The van der Waals surface area contributed by atoms with Crippen LogP contribution in [-0.4, -0.2) is 11.7 Å². The number of hydrogen-bond donors (Lipinski definition) is 0. The molecule has 0 spiro atoms. The molecule has 0 fully saturated rings. The molecule has 0 radical (unpaired) electrons. The molecule has 2 aromatic rings. The molecular weight excluding hydrogens is 240 g/mol. The quantitative estimate of drug-likeness (QED) is 0.842. The van der Waals surface area contributed by atoms with Gasteiger partial charge in [-0.2, -0.15) is 5.26 Å². The highest BCUT2D eigenvalue weighted by atomic mass is 16.5. The number of benzene rings is 1. The highest BCUT2D eigenvalue weighted by Crippen LogP contribution is 2.19. The highest BCUT2D eigenvalue weighted by molar-refractivity contribution is 5.45. The van der Waals surface area contributed by atoms with E-state index in [0.717, 1.165) is 11.1 Å². The van der Waals surface area contributed by atoms with Crippen LogP contribution < -0.4 is 10.3 Å². The third-order valence-corrected chi connectivity index (χ3v) is 2.89. The Kier molecular flexibility index (Phi) is 3.67. The first-order valence-corrected chi connectivity index (χ1v) is 5.88. The van der Waals surface area contributed by atoms with E-state index >= 15 is 0 Å². The van der Waals surface area contributed by atoms with Crippen molar-refractivity contribution in [1.29, 1.82) is 5.26 Å². The van der Waals surface area contributed by atoms with Gasteiger partial charge < -0.3 is 9.30 Å². The number of aromatic nitrogens is 1. The first-order valence-electron chi connectivity index (χ1n) is 5.88. The minimum Gasteiger partial charge on any atom is -0.495 e. The summed E-state index contributed by atoms with van der Waals surface area (Å²) in [6.07, 6.45) is 1.76. The summed E-state index contributed by atoms with van der Waals surface area (Å²) in [6, 6.07) is 10.9. The Morgan fingerprint density at radius 1 is 1.32 bits per heavy atom. The van der Waals surface area contributed by atoms with Gasteiger partial charge in [0.2, 0.25) is 0 Å². The van der Waals surface area contributed by atoms with E-state index in [1.165, 1.54) is 7.11 Å². The number of rotatable bonds is 3. The summed E-state index contributed by atoms with van der Waals surface area (Å²) in [6.45, 7) is 2.32. The molecule has 96 valence electrons. The number of aryl methyl sites for hydroxylation is 1. The molecular formula is C15H14N2O2. The third-order valence-electron chi connectivity index (χ3n) is 2.89. The molecule has 0 N–H and O–H groups in total. The number of ether oxygens (including phenoxy) is 1. The van der Waals surface area contributed by atoms with Crippen molar-refractivity contribution in [2.75, 3.05) is 7.11 Å². The summed E-state index contributed by atoms with van der Waals surface area (Å²) in [5.74, 6) is 0.544. The topological polar surface area (TPSA) is 55.0 Å². The second-order valence-corrected chi connectivity index (χ2v) is 4.32. The third kappa shape index (κ3) is 2.83. The average molecular weight is 254 g/mol. The lowest BCUT2D eigenvalue weighted by Gasteiger charge is -2.08. The molecule has 0 atom stereocenters. The van der Waals surface area contributed by atoms with E-state index in [2.05, 4.69) is 6.07 Å². The lowest BCUT2D eigenvalue weighted by molar-refractivity contribution is 0.413. The maximum atomic E-state index is 11.8. The fourth-order valence-corrected chi connectivity index (χ4v) is 1.87. The summed E-state index contributed by atoms with van der Waals surface area (Å²) in [7, 11) is 1.53. The minimum absolute atomic E-state index is 0.0469. The zero-order chi connectivity index (χ0) is 13.8. The predicted octanol–water partition coefficient (Wildman–Crippen LogP) is 2.09. The number of nitrogens with zero attached hydrogens (tertiary/aromatic N) is 2. The van der Waals surface area contributed by atoms with Crippen LogP contribution in [0.3, 0.4) is 0 Å². The second-order valence-electron chi connectivity index (χ2n) is 4.32. The van der Waals surface area contributed by atoms with Gasteiger partial charge in [0.15, 0.2) is 0 Å². The molecule has 1 heterocycles. The smallest absolute Gasteiger partial charge is 0.251 e. The van der Waals surface area contributed by atoms with Gasteiger partial charge in [-0.05, 0) is 36.2 Å². The molecule has 2 rings (SSSR count). The molecule has 0 bridgehead atoms. The van der Waals surface area contributed by atoms with Gasteiger partial charge in [0.25, 0.3) is 5.56 Å². The van der Waals surface area contributed by atoms with Crippen LogP contribution in [-0.2, 0) is 6.54 Å². The van der Waals surface area contributed by atoms with Gasteiger partial charge in [-0.3, -0.25) is 4.79 Å². The SMILES string of the molecule is COc1ccc(Cn2ccc(C)cc2=O)cc1C#N. The average Bonchev–Trinajstić information content (AvgIpc) is 2.41. The Morgan fingerprint density at radius 3 is 2.74 bits per heavy atom. The van der Waals surface area contributed by atoms with Crippen molar-refractivity contribution in [2.45, 2.75) is 13.5 Å². The molecule has 0 saturated heterocycles. The second kappa shape index (κ2) is 5.40. The first kappa shape index (κ1) is 12.9. The van der Waals surface area contributed by atoms with Crippen molar-refractivity contribution in [3.63, 3.8) is 0 Å². The monoisotopic (exact) mass is 254 g/mol. The van der Waals surface area contributed by atoms with Crippen molar-refractivity contribution in [1.82, 2.24) is 4.57 Å². The molecule has 1 aromatic carbocycles. The Hall–Kier alpha value is -2.54. The van der Waals surface area contributed by atoms with Crippen molar-refractivity contribution in [3.05, 3.63) is 63.6 Å². The molecule has 0 aliphatic heterocycles. The van der Waals surface area contributed by atoms with E-state index < -0.39 is 0 Å². The maximum Gasteiger partial charge on any atom is 0.251 e. The molecule has 1 aromatic heterocycles. The molecule has 0 aliphatic rings.